The first-order chi connectivity index (χ1) is 10.3. The fourth-order valence-corrected chi connectivity index (χ4v) is 5.83. The van der Waals surface area contributed by atoms with E-state index in [0.29, 0.717) is 0 Å². The summed E-state index contributed by atoms with van der Waals surface area (Å²) in [7, 11) is 0. The van der Waals surface area contributed by atoms with Gasteiger partial charge in [-0.15, -0.1) is 0 Å². The minimum atomic E-state index is -0.562. The second-order valence-corrected chi connectivity index (χ2v) is 13.1. The second kappa shape index (κ2) is 6.11. The molecule has 0 nitrogen and oxygen atoms in total. The van der Waals surface area contributed by atoms with E-state index in [4.69, 9.17) is 0 Å². The molecule has 1 aromatic rings. The number of allylic oxidation sites excluding steroid dienone is 2. The van der Waals surface area contributed by atoms with Crippen molar-refractivity contribution in [3.05, 3.63) is 50.6 Å². The summed E-state index contributed by atoms with van der Waals surface area (Å²) < 4.78 is 4.08. The Balaban J connectivity index is 2.86. The first-order valence-corrected chi connectivity index (χ1v) is 11.7. The van der Waals surface area contributed by atoms with Gasteiger partial charge in [-0.05, 0) is 0 Å². The Kier molecular flexibility index (Phi) is 5.00. The van der Waals surface area contributed by atoms with Crippen molar-refractivity contribution < 1.29 is 0 Å². The third kappa shape index (κ3) is 4.14. The van der Waals surface area contributed by atoms with E-state index in [1.165, 1.54) is 16.7 Å². The summed E-state index contributed by atoms with van der Waals surface area (Å²) in [5.41, 5.74) is 6.61. The van der Waals surface area contributed by atoms with Crippen molar-refractivity contribution in [2.24, 2.45) is 0 Å². The molecule has 0 spiro atoms. The van der Waals surface area contributed by atoms with Crippen LogP contribution in [0.1, 0.15) is 84.6 Å². The van der Waals surface area contributed by atoms with Crippen LogP contribution in [0.2, 0.25) is 0 Å². The van der Waals surface area contributed by atoms with Gasteiger partial charge in [0, 0.05) is 0 Å². The monoisotopic (exact) mass is 418 g/mol. The van der Waals surface area contributed by atoms with Crippen molar-refractivity contribution in [2.75, 3.05) is 0 Å². The summed E-state index contributed by atoms with van der Waals surface area (Å²) in [5.74, 6) is 0. The molecular weight excluding hydrogens is 386 g/mol. The van der Waals surface area contributed by atoms with Crippen molar-refractivity contribution in [3.8, 4) is 0 Å². The maximum atomic E-state index is 2.49. The van der Waals surface area contributed by atoms with Crippen LogP contribution in [0.25, 0.3) is 3.52 Å². The van der Waals surface area contributed by atoms with Crippen LogP contribution in [0.3, 0.4) is 0 Å². The van der Waals surface area contributed by atoms with Gasteiger partial charge in [-0.25, -0.2) is 0 Å². The fraction of sp³-hybridized carbons (Fsp3) is 0.545. The molecular formula is C22H33Sb. The molecule has 0 unspecified atom stereocenters. The van der Waals surface area contributed by atoms with Gasteiger partial charge in [0.25, 0.3) is 0 Å². The van der Waals surface area contributed by atoms with Gasteiger partial charge in [-0.1, -0.05) is 0 Å². The van der Waals surface area contributed by atoms with Gasteiger partial charge in [0.1, 0.15) is 0 Å². The minimum absolute atomic E-state index is 0.166. The molecule has 23 heavy (non-hydrogen) atoms. The summed E-state index contributed by atoms with van der Waals surface area (Å²) in [5, 5.41) is 0. The number of hydrogen-bond acceptors (Lipinski definition) is 0. The predicted octanol–water partition coefficient (Wildman–Crippen LogP) is 5.88. The van der Waals surface area contributed by atoms with E-state index in [1.807, 2.05) is 0 Å². The van der Waals surface area contributed by atoms with E-state index < -0.39 is 21.6 Å². The quantitative estimate of drug-likeness (QED) is 0.499. The molecule has 0 bridgehead atoms. The molecule has 0 saturated heterocycles. The Morgan fingerprint density at radius 2 is 1.17 bits per heavy atom. The van der Waals surface area contributed by atoms with E-state index in [0.717, 1.165) is 0 Å². The van der Waals surface area contributed by atoms with E-state index in [-0.39, 0.29) is 16.2 Å². The van der Waals surface area contributed by atoms with Crippen LogP contribution in [0, 0.1) is 0 Å². The van der Waals surface area contributed by atoms with Gasteiger partial charge >= 0.3 is 154 Å². The van der Waals surface area contributed by atoms with E-state index in [9.17, 15) is 0 Å². The Hall–Kier alpha value is -0.482. The molecule has 0 atom stereocenters. The first-order valence-electron chi connectivity index (χ1n) is 8.65. The molecule has 0 aromatic heterocycles. The van der Waals surface area contributed by atoms with Crippen LogP contribution in [0.4, 0.5) is 0 Å². The standard InChI is InChI=1S/C22H32.Sb.H/c1-11-12-13-17-18(21(5,6)7)14-16(20(2,3)4)15-19(17)22(8,9)10;;/h1,11-12,14-15H,2-10H3;;. The molecule has 2 rings (SSSR count). The Labute approximate surface area is 154 Å². The van der Waals surface area contributed by atoms with Crippen molar-refractivity contribution in [2.45, 2.75) is 78.6 Å². The van der Waals surface area contributed by atoms with Gasteiger partial charge in [0.05, 0.1) is 0 Å². The van der Waals surface area contributed by atoms with Crippen LogP contribution in [0.5, 0.6) is 0 Å². The molecule has 1 aliphatic rings. The molecule has 1 heterocycles. The van der Waals surface area contributed by atoms with Crippen molar-refractivity contribution in [3.63, 3.8) is 0 Å². The van der Waals surface area contributed by atoms with Gasteiger partial charge in [-0.2, -0.15) is 0 Å². The molecule has 126 valence electrons. The molecule has 1 aromatic carbocycles. The van der Waals surface area contributed by atoms with Crippen LogP contribution in [-0.4, -0.2) is 21.6 Å². The van der Waals surface area contributed by atoms with Gasteiger partial charge in [0.15, 0.2) is 0 Å². The molecule has 0 radical (unpaired) electrons. The molecule has 0 saturated carbocycles. The zero-order valence-electron chi connectivity index (χ0n) is 16.4. The topological polar surface area (TPSA) is 0 Å². The molecule has 1 heteroatoms. The summed E-state index contributed by atoms with van der Waals surface area (Å²) >= 11 is -0.562. The third-order valence-corrected chi connectivity index (χ3v) is 7.59. The van der Waals surface area contributed by atoms with Crippen LogP contribution < -0.4 is 0 Å². The normalized spacial score (nSPS) is 16.0. The predicted molar refractivity (Wildman–Crippen MR) is 107 cm³/mol. The Morgan fingerprint density at radius 1 is 0.696 bits per heavy atom. The summed E-state index contributed by atoms with van der Waals surface area (Å²) in [6.45, 7) is 21.1. The van der Waals surface area contributed by atoms with Crippen LogP contribution >= 0.6 is 0 Å². The van der Waals surface area contributed by atoms with Crippen molar-refractivity contribution >= 4 is 25.1 Å². The maximum absolute atomic E-state index is 2.49. The summed E-state index contributed by atoms with van der Waals surface area (Å²) in [6, 6.07) is 4.98. The summed E-state index contributed by atoms with van der Waals surface area (Å²) in [4.78, 5) is 0. The number of benzene rings is 1. The van der Waals surface area contributed by atoms with Crippen molar-refractivity contribution in [1.29, 1.82) is 0 Å². The van der Waals surface area contributed by atoms with Gasteiger partial charge < -0.3 is 0 Å². The Bertz CT molecular complexity index is 618. The van der Waals surface area contributed by atoms with E-state index in [1.54, 1.807) is 9.08 Å². The average Bonchev–Trinajstić information content (AvgIpc) is 2.87. The second-order valence-electron chi connectivity index (χ2n) is 9.78. The van der Waals surface area contributed by atoms with Gasteiger partial charge in [-0.3, -0.25) is 0 Å². The number of rotatable bonds is 1. The fourth-order valence-electron chi connectivity index (χ4n) is 3.03. The van der Waals surface area contributed by atoms with Gasteiger partial charge in [0.2, 0.25) is 0 Å². The molecule has 0 aliphatic carbocycles. The molecule has 0 fully saturated rings. The van der Waals surface area contributed by atoms with E-state index >= 15 is 0 Å². The molecule has 0 amide bonds. The molecule has 1 aliphatic heterocycles. The molecule has 0 N–H and O–H groups in total. The van der Waals surface area contributed by atoms with E-state index in [2.05, 4.69) is 90.6 Å². The summed E-state index contributed by atoms with van der Waals surface area (Å²) in [6.07, 6.45) is 4.65. The zero-order chi connectivity index (χ0) is 17.6. The Morgan fingerprint density at radius 3 is 1.48 bits per heavy atom. The van der Waals surface area contributed by atoms with Crippen molar-refractivity contribution in [1.82, 2.24) is 0 Å². The number of hydrogen-bond donors (Lipinski definition) is 0. The van der Waals surface area contributed by atoms with Crippen LogP contribution in [-0.2, 0) is 16.2 Å². The van der Waals surface area contributed by atoms with Crippen LogP contribution in [0.15, 0.2) is 28.3 Å². The third-order valence-electron chi connectivity index (χ3n) is 4.49. The zero-order valence-corrected chi connectivity index (χ0v) is 19.2. The SMILES string of the molecule is CC(C)(C)c1cc(C(C)(C)C)c([C]2=CC=[CH][SbH]2)c(C(C)(C)C)c1. The first kappa shape index (κ1) is 18.9. The average molecular weight is 419 g/mol.